The minimum absolute atomic E-state index is 0.298. The first-order valence-corrected chi connectivity index (χ1v) is 7.03. The van der Waals surface area contributed by atoms with E-state index in [2.05, 4.69) is 4.90 Å². The highest BCUT2D eigenvalue weighted by Gasteiger charge is 2.39. The van der Waals surface area contributed by atoms with Gasteiger partial charge in [-0.2, -0.15) is 13.2 Å². The van der Waals surface area contributed by atoms with Gasteiger partial charge in [0.05, 0.1) is 12.2 Å². The molecule has 21 heavy (non-hydrogen) atoms. The zero-order chi connectivity index (χ0) is 15.0. The van der Waals surface area contributed by atoms with E-state index in [1.165, 1.54) is 18.2 Å². The summed E-state index contributed by atoms with van der Waals surface area (Å²) < 4.78 is 44.5. The van der Waals surface area contributed by atoms with Crippen molar-refractivity contribution < 1.29 is 22.7 Å². The Morgan fingerprint density at radius 3 is 2.81 bits per heavy atom. The van der Waals surface area contributed by atoms with Gasteiger partial charge in [0.25, 0.3) is 0 Å². The number of halogens is 3. The number of hydrogen-bond donors (Lipinski definition) is 0. The molecular weight excluding hydrogens is 283 g/mol. The molecule has 0 aromatic heterocycles. The molecule has 0 amide bonds. The van der Waals surface area contributed by atoms with E-state index >= 15 is 0 Å². The maximum Gasteiger partial charge on any atom is 0.417 e. The number of nitrogens with zero attached hydrogens (tertiary/aromatic N) is 1. The Bertz CT molecular complexity index is 544. The highest BCUT2D eigenvalue weighted by atomic mass is 19.4. The van der Waals surface area contributed by atoms with Crippen LogP contribution in [-0.2, 0) is 10.9 Å². The molecule has 2 aliphatic rings. The van der Waals surface area contributed by atoms with Gasteiger partial charge in [0.1, 0.15) is 6.10 Å². The van der Waals surface area contributed by atoms with E-state index in [-0.39, 0.29) is 5.56 Å². The summed E-state index contributed by atoms with van der Waals surface area (Å²) in [5.41, 5.74) is -1.19. The fourth-order valence-corrected chi connectivity index (χ4v) is 3.09. The van der Waals surface area contributed by atoms with Gasteiger partial charge < -0.3 is 4.74 Å². The van der Waals surface area contributed by atoms with E-state index in [0.717, 1.165) is 25.5 Å². The summed E-state index contributed by atoms with van der Waals surface area (Å²) in [5.74, 6) is -0.576. The van der Waals surface area contributed by atoms with Crippen molar-refractivity contribution in [3.05, 3.63) is 35.4 Å². The van der Waals surface area contributed by atoms with Crippen LogP contribution in [-0.4, -0.2) is 42.5 Å². The molecule has 1 aromatic rings. The van der Waals surface area contributed by atoms with Gasteiger partial charge in [-0.1, -0.05) is 18.2 Å². The second kappa shape index (κ2) is 5.42. The molecule has 2 aliphatic heterocycles. The monoisotopic (exact) mass is 299 g/mol. The number of Topliss-reactive ketones (excluding diaryl/α,β-unsaturated/α-hetero) is 1. The molecular formula is C15H16F3NO2. The van der Waals surface area contributed by atoms with E-state index in [4.69, 9.17) is 4.74 Å². The Labute approximate surface area is 120 Å². The number of fused-ring (bicyclic) bond motifs is 1. The minimum atomic E-state index is -4.53. The third-order valence-electron chi connectivity index (χ3n) is 4.18. The van der Waals surface area contributed by atoms with Crippen LogP contribution >= 0.6 is 0 Å². The van der Waals surface area contributed by atoms with E-state index in [1.54, 1.807) is 0 Å². The Morgan fingerprint density at radius 1 is 1.29 bits per heavy atom. The number of carbonyl (C=O) groups excluding carboxylic acids is 1. The molecule has 1 aromatic carbocycles. The molecule has 0 spiro atoms. The molecule has 0 radical (unpaired) electrons. The van der Waals surface area contributed by atoms with E-state index < -0.39 is 23.6 Å². The summed E-state index contributed by atoms with van der Waals surface area (Å²) in [6.45, 7) is 1.69. The molecule has 3 rings (SSSR count). The third-order valence-corrected chi connectivity index (χ3v) is 4.18. The molecule has 0 saturated carbocycles. The van der Waals surface area contributed by atoms with Crippen LogP contribution in [0.2, 0.25) is 0 Å². The van der Waals surface area contributed by atoms with Gasteiger partial charge in [-0.15, -0.1) is 0 Å². The fraction of sp³-hybridized carbons (Fsp3) is 0.533. The Balaban J connectivity index is 1.83. The first kappa shape index (κ1) is 14.5. The van der Waals surface area contributed by atoms with Crippen LogP contribution in [0.15, 0.2) is 24.3 Å². The SMILES string of the molecule is O=C(c1ccccc1C(F)(F)F)C1CN2CCCC2CO1. The lowest BCUT2D eigenvalue weighted by Gasteiger charge is -2.34. The molecule has 0 aliphatic carbocycles. The number of hydrogen-bond acceptors (Lipinski definition) is 3. The molecule has 2 fully saturated rings. The highest BCUT2D eigenvalue weighted by Crippen LogP contribution is 2.33. The molecule has 2 saturated heterocycles. The molecule has 0 bridgehead atoms. The Kier molecular flexibility index (Phi) is 3.75. The second-order valence-corrected chi connectivity index (χ2v) is 5.52. The quantitative estimate of drug-likeness (QED) is 0.787. The van der Waals surface area contributed by atoms with E-state index in [0.29, 0.717) is 19.2 Å². The number of ether oxygens (including phenoxy) is 1. The molecule has 2 heterocycles. The van der Waals surface area contributed by atoms with Gasteiger partial charge in [0, 0.05) is 18.2 Å². The number of benzene rings is 1. The number of carbonyl (C=O) groups is 1. The van der Waals surface area contributed by atoms with Crippen molar-refractivity contribution in [2.75, 3.05) is 19.7 Å². The summed E-state index contributed by atoms with van der Waals surface area (Å²) >= 11 is 0. The average molecular weight is 299 g/mol. The van der Waals surface area contributed by atoms with Crippen molar-refractivity contribution in [3.8, 4) is 0 Å². The normalized spacial score (nSPS) is 26.6. The first-order chi connectivity index (χ1) is 9.97. The predicted octanol–water partition coefficient (Wildman–Crippen LogP) is 2.75. The molecule has 3 nitrogen and oxygen atoms in total. The van der Waals surface area contributed by atoms with Crippen molar-refractivity contribution in [2.24, 2.45) is 0 Å². The van der Waals surface area contributed by atoms with Gasteiger partial charge in [0.15, 0.2) is 5.78 Å². The molecule has 2 unspecified atom stereocenters. The lowest BCUT2D eigenvalue weighted by Crippen LogP contribution is -2.49. The van der Waals surface area contributed by atoms with E-state index in [1.807, 2.05) is 0 Å². The largest absolute Gasteiger partial charge is 0.417 e. The maximum absolute atomic E-state index is 13.0. The predicted molar refractivity (Wildman–Crippen MR) is 70.1 cm³/mol. The van der Waals surface area contributed by atoms with Crippen molar-refractivity contribution in [2.45, 2.75) is 31.2 Å². The van der Waals surface area contributed by atoms with Gasteiger partial charge in [0.2, 0.25) is 0 Å². The van der Waals surface area contributed by atoms with Crippen LogP contribution in [0.1, 0.15) is 28.8 Å². The van der Waals surface area contributed by atoms with Gasteiger partial charge in [-0.05, 0) is 25.5 Å². The summed E-state index contributed by atoms with van der Waals surface area (Å²) in [7, 11) is 0. The number of rotatable bonds is 2. The van der Waals surface area contributed by atoms with Gasteiger partial charge >= 0.3 is 6.18 Å². The van der Waals surface area contributed by atoms with Crippen LogP contribution in [0.4, 0.5) is 13.2 Å². The summed E-state index contributed by atoms with van der Waals surface area (Å²) in [4.78, 5) is 14.5. The van der Waals surface area contributed by atoms with Crippen molar-refractivity contribution in [1.29, 1.82) is 0 Å². The first-order valence-electron chi connectivity index (χ1n) is 7.03. The third kappa shape index (κ3) is 2.82. The fourth-order valence-electron chi connectivity index (χ4n) is 3.09. The molecule has 6 heteroatoms. The Morgan fingerprint density at radius 2 is 2.05 bits per heavy atom. The average Bonchev–Trinajstić information content (AvgIpc) is 2.93. The maximum atomic E-state index is 13.0. The Hall–Kier alpha value is -1.40. The topological polar surface area (TPSA) is 29.5 Å². The summed E-state index contributed by atoms with van der Waals surface area (Å²) in [6.07, 6.45) is -3.26. The van der Waals surface area contributed by atoms with Crippen molar-refractivity contribution >= 4 is 5.78 Å². The van der Waals surface area contributed by atoms with E-state index in [9.17, 15) is 18.0 Å². The zero-order valence-electron chi connectivity index (χ0n) is 11.4. The summed E-state index contributed by atoms with van der Waals surface area (Å²) in [5, 5.41) is 0. The summed E-state index contributed by atoms with van der Waals surface area (Å²) in [6, 6.07) is 5.22. The minimum Gasteiger partial charge on any atom is -0.367 e. The smallest absolute Gasteiger partial charge is 0.367 e. The van der Waals surface area contributed by atoms with Crippen LogP contribution < -0.4 is 0 Å². The van der Waals surface area contributed by atoms with Crippen LogP contribution in [0, 0.1) is 0 Å². The lowest BCUT2D eigenvalue weighted by atomic mass is 9.98. The number of alkyl halides is 3. The molecule has 0 N–H and O–H groups in total. The highest BCUT2D eigenvalue weighted by molar-refractivity contribution is 6.01. The van der Waals surface area contributed by atoms with Gasteiger partial charge in [-0.3, -0.25) is 9.69 Å². The number of morpholine rings is 1. The zero-order valence-corrected chi connectivity index (χ0v) is 11.4. The molecule has 2 atom stereocenters. The van der Waals surface area contributed by atoms with Crippen LogP contribution in [0.5, 0.6) is 0 Å². The second-order valence-electron chi connectivity index (χ2n) is 5.52. The van der Waals surface area contributed by atoms with Gasteiger partial charge in [-0.25, -0.2) is 0 Å². The van der Waals surface area contributed by atoms with Crippen LogP contribution in [0.25, 0.3) is 0 Å². The molecule has 114 valence electrons. The number of ketones is 1. The van der Waals surface area contributed by atoms with Crippen LogP contribution in [0.3, 0.4) is 0 Å². The lowest BCUT2D eigenvalue weighted by molar-refractivity contribution is -0.138. The van der Waals surface area contributed by atoms with Crippen molar-refractivity contribution in [1.82, 2.24) is 4.90 Å². The van der Waals surface area contributed by atoms with Crippen molar-refractivity contribution in [3.63, 3.8) is 0 Å². The standard InChI is InChI=1S/C15H16F3NO2/c16-15(17,18)12-6-2-1-5-11(12)14(20)13-8-19-7-3-4-10(19)9-21-13/h1-2,5-6,10,13H,3-4,7-9H2.